The Morgan fingerprint density at radius 3 is 2.11 bits per heavy atom. The normalized spacial score (nSPS) is 11.7. The Morgan fingerprint density at radius 2 is 1.56 bits per heavy atom. The van der Waals surface area contributed by atoms with Crippen molar-refractivity contribution in [2.24, 2.45) is 5.92 Å². The second-order valence-electron chi connectivity index (χ2n) is 6.64. The molecule has 0 unspecified atom stereocenters. The van der Waals surface area contributed by atoms with Crippen LogP contribution in [0.4, 0.5) is 0 Å². The van der Waals surface area contributed by atoms with Crippen molar-refractivity contribution in [3.05, 3.63) is 71.3 Å². The number of nitrogens with one attached hydrogen (secondary N) is 1. The van der Waals surface area contributed by atoms with E-state index in [2.05, 4.69) is 5.32 Å². The molecule has 0 aliphatic carbocycles. The molecule has 1 N–H and O–H groups in total. The molecule has 0 aliphatic rings. The molecule has 0 saturated carbocycles. The van der Waals surface area contributed by atoms with Gasteiger partial charge in [0.15, 0.2) is 12.4 Å². The summed E-state index contributed by atoms with van der Waals surface area (Å²) in [5, 5.41) is 2.69. The van der Waals surface area contributed by atoms with Gasteiger partial charge < -0.3 is 10.1 Å². The van der Waals surface area contributed by atoms with Crippen molar-refractivity contribution in [2.75, 3.05) is 6.61 Å². The second-order valence-corrected chi connectivity index (χ2v) is 6.64. The molecule has 2 aromatic carbocycles. The van der Waals surface area contributed by atoms with Gasteiger partial charge in [-0.15, -0.1) is 0 Å². The maximum absolute atomic E-state index is 12.4. The minimum absolute atomic E-state index is 0.177. The average molecular weight is 367 g/mol. The number of carbonyl (C=O) groups excluding carboxylic acids is 3. The number of hydrogen-bond donors (Lipinski definition) is 1. The summed E-state index contributed by atoms with van der Waals surface area (Å²) in [6.45, 7) is 5.30. The van der Waals surface area contributed by atoms with Gasteiger partial charge in [0, 0.05) is 11.1 Å². The molecule has 2 rings (SSSR count). The average Bonchev–Trinajstić information content (AvgIpc) is 2.70. The van der Waals surface area contributed by atoms with Crippen LogP contribution in [-0.2, 0) is 16.0 Å². The van der Waals surface area contributed by atoms with E-state index in [0.29, 0.717) is 11.1 Å². The van der Waals surface area contributed by atoms with Crippen molar-refractivity contribution in [3.63, 3.8) is 0 Å². The SMILES string of the molecule is CCc1ccc(C(=O)COC(=O)[C@H](NC(=O)c2ccccc2)C(C)C)cc1. The maximum atomic E-state index is 12.4. The number of Topliss-reactive ketones (excluding diaryl/α,β-unsaturated/α-hetero) is 1. The summed E-state index contributed by atoms with van der Waals surface area (Å²) < 4.78 is 5.17. The van der Waals surface area contributed by atoms with Crippen molar-refractivity contribution in [1.29, 1.82) is 0 Å². The molecule has 0 radical (unpaired) electrons. The van der Waals surface area contributed by atoms with Crippen LogP contribution < -0.4 is 5.32 Å². The molecule has 5 heteroatoms. The highest BCUT2D eigenvalue weighted by molar-refractivity contribution is 5.99. The highest BCUT2D eigenvalue weighted by Crippen LogP contribution is 2.09. The van der Waals surface area contributed by atoms with Gasteiger partial charge in [0.25, 0.3) is 5.91 Å². The first-order valence-electron chi connectivity index (χ1n) is 9.07. The van der Waals surface area contributed by atoms with Gasteiger partial charge in [0.2, 0.25) is 0 Å². The number of esters is 1. The number of ketones is 1. The fourth-order valence-corrected chi connectivity index (χ4v) is 2.55. The number of rotatable bonds is 8. The Balaban J connectivity index is 1.96. The van der Waals surface area contributed by atoms with Crippen molar-refractivity contribution in [1.82, 2.24) is 5.32 Å². The van der Waals surface area contributed by atoms with Crippen LogP contribution in [-0.4, -0.2) is 30.3 Å². The van der Waals surface area contributed by atoms with Gasteiger partial charge in [-0.1, -0.05) is 63.2 Å². The fourth-order valence-electron chi connectivity index (χ4n) is 2.55. The zero-order valence-corrected chi connectivity index (χ0v) is 15.9. The standard InChI is InChI=1S/C22H25NO4/c1-4-16-10-12-17(13-11-16)19(24)14-27-22(26)20(15(2)3)23-21(25)18-8-6-5-7-9-18/h5-13,15,20H,4,14H2,1-3H3,(H,23,25)/t20-/m1/s1. The summed E-state index contributed by atoms with van der Waals surface area (Å²) >= 11 is 0. The summed E-state index contributed by atoms with van der Waals surface area (Å²) in [5.41, 5.74) is 2.09. The zero-order chi connectivity index (χ0) is 19.8. The van der Waals surface area contributed by atoms with Crippen LogP contribution in [0.2, 0.25) is 0 Å². The smallest absolute Gasteiger partial charge is 0.329 e. The van der Waals surface area contributed by atoms with E-state index in [1.807, 2.05) is 39.0 Å². The molecule has 0 saturated heterocycles. The van der Waals surface area contributed by atoms with Crippen LogP contribution in [0.5, 0.6) is 0 Å². The molecular weight excluding hydrogens is 342 g/mol. The summed E-state index contributed by atoms with van der Waals surface area (Å²) in [6.07, 6.45) is 0.890. The van der Waals surface area contributed by atoms with Gasteiger partial charge in [0.1, 0.15) is 6.04 Å². The van der Waals surface area contributed by atoms with E-state index in [-0.39, 0.29) is 24.2 Å². The minimum atomic E-state index is -0.826. The topological polar surface area (TPSA) is 72.5 Å². The third-order valence-electron chi connectivity index (χ3n) is 4.27. The molecule has 0 fully saturated rings. The molecule has 0 heterocycles. The predicted molar refractivity (Wildman–Crippen MR) is 104 cm³/mol. The van der Waals surface area contributed by atoms with Crippen molar-refractivity contribution in [3.8, 4) is 0 Å². The molecule has 0 bridgehead atoms. The minimum Gasteiger partial charge on any atom is -0.456 e. The van der Waals surface area contributed by atoms with Crippen LogP contribution in [0.3, 0.4) is 0 Å². The predicted octanol–water partition coefficient (Wildman–Crippen LogP) is 3.43. The Labute approximate surface area is 159 Å². The molecule has 142 valence electrons. The van der Waals surface area contributed by atoms with Gasteiger partial charge in [-0.25, -0.2) is 4.79 Å². The van der Waals surface area contributed by atoms with E-state index < -0.39 is 12.0 Å². The molecule has 2 aromatic rings. The third kappa shape index (κ3) is 5.78. The lowest BCUT2D eigenvalue weighted by molar-refractivity contribution is -0.145. The van der Waals surface area contributed by atoms with E-state index in [1.165, 1.54) is 0 Å². The Morgan fingerprint density at radius 1 is 0.926 bits per heavy atom. The van der Waals surface area contributed by atoms with E-state index >= 15 is 0 Å². The lowest BCUT2D eigenvalue weighted by Crippen LogP contribution is -2.45. The molecule has 5 nitrogen and oxygen atoms in total. The van der Waals surface area contributed by atoms with Crippen molar-refractivity contribution in [2.45, 2.75) is 33.2 Å². The summed E-state index contributed by atoms with van der Waals surface area (Å²) in [4.78, 5) is 36.9. The van der Waals surface area contributed by atoms with Crippen LogP contribution in [0.25, 0.3) is 0 Å². The molecule has 0 spiro atoms. The van der Waals surface area contributed by atoms with E-state index in [4.69, 9.17) is 4.74 Å². The number of benzene rings is 2. The van der Waals surface area contributed by atoms with Crippen LogP contribution in [0.15, 0.2) is 54.6 Å². The monoisotopic (exact) mass is 367 g/mol. The lowest BCUT2D eigenvalue weighted by atomic mass is 10.0. The number of hydrogen-bond acceptors (Lipinski definition) is 4. The second kappa shape index (κ2) is 9.67. The molecular formula is C22H25NO4. The van der Waals surface area contributed by atoms with Crippen LogP contribution in [0.1, 0.15) is 47.1 Å². The number of carbonyl (C=O) groups is 3. The number of aryl methyl sites for hydroxylation is 1. The maximum Gasteiger partial charge on any atom is 0.329 e. The lowest BCUT2D eigenvalue weighted by Gasteiger charge is -2.20. The third-order valence-corrected chi connectivity index (χ3v) is 4.27. The van der Waals surface area contributed by atoms with Gasteiger partial charge in [-0.3, -0.25) is 9.59 Å². The summed E-state index contributed by atoms with van der Waals surface area (Å²) in [7, 11) is 0. The van der Waals surface area contributed by atoms with E-state index in [9.17, 15) is 14.4 Å². The van der Waals surface area contributed by atoms with Crippen LogP contribution in [0, 0.1) is 5.92 Å². The first kappa shape index (κ1) is 20.4. The first-order chi connectivity index (χ1) is 12.9. The van der Waals surface area contributed by atoms with Crippen molar-refractivity contribution < 1.29 is 19.1 Å². The number of amides is 1. The van der Waals surface area contributed by atoms with Crippen molar-refractivity contribution >= 4 is 17.7 Å². The highest BCUT2D eigenvalue weighted by Gasteiger charge is 2.26. The largest absolute Gasteiger partial charge is 0.456 e. The molecule has 27 heavy (non-hydrogen) atoms. The summed E-state index contributed by atoms with van der Waals surface area (Å²) in [5.74, 6) is -1.42. The molecule has 1 atom stereocenters. The molecule has 0 aliphatic heterocycles. The zero-order valence-electron chi connectivity index (χ0n) is 15.9. The highest BCUT2D eigenvalue weighted by atomic mass is 16.5. The quantitative estimate of drug-likeness (QED) is 0.573. The number of ether oxygens (including phenoxy) is 1. The molecule has 1 amide bonds. The van der Waals surface area contributed by atoms with Gasteiger partial charge >= 0.3 is 5.97 Å². The fraction of sp³-hybridized carbons (Fsp3) is 0.318. The van der Waals surface area contributed by atoms with E-state index in [0.717, 1.165) is 12.0 Å². The van der Waals surface area contributed by atoms with Crippen LogP contribution >= 0.6 is 0 Å². The Kier molecular flexibility index (Phi) is 7.29. The first-order valence-corrected chi connectivity index (χ1v) is 9.07. The van der Waals surface area contributed by atoms with Gasteiger partial charge in [0.05, 0.1) is 0 Å². The van der Waals surface area contributed by atoms with Gasteiger partial charge in [-0.05, 0) is 30.0 Å². The van der Waals surface area contributed by atoms with E-state index in [1.54, 1.807) is 36.4 Å². The molecule has 0 aromatic heterocycles. The Bertz CT molecular complexity index is 782. The summed E-state index contributed by atoms with van der Waals surface area (Å²) in [6, 6.07) is 15.0. The van der Waals surface area contributed by atoms with Gasteiger partial charge in [-0.2, -0.15) is 0 Å². The Hall–Kier alpha value is -2.95.